The normalized spacial score (nSPS) is 18.0. The van der Waals surface area contributed by atoms with Crippen LogP contribution in [0.4, 0.5) is 0 Å². The van der Waals surface area contributed by atoms with Crippen LogP contribution >= 0.6 is 0 Å². The molecule has 1 heterocycles. The van der Waals surface area contributed by atoms with Crippen molar-refractivity contribution in [3.05, 3.63) is 34.9 Å². The monoisotopic (exact) mass is 285 g/mol. The molecule has 0 radical (unpaired) electrons. The van der Waals surface area contributed by atoms with Crippen LogP contribution < -0.4 is 0 Å². The first-order chi connectivity index (χ1) is 10.1. The average Bonchev–Trinajstić information content (AvgIpc) is 2.47. The van der Waals surface area contributed by atoms with Gasteiger partial charge >= 0.3 is 0 Å². The molecule has 1 atom stereocenters. The number of carbonyl (C=O) groups is 1. The van der Waals surface area contributed by atoms with Crippen molar-refractivity contribution in [2.75, 3.05) is 13.2 Å². The summed E-state index contributed by atoms with van der Waals surface area (Å²) >= 11 is 0. The number of nitrogens with zero attached hydrogens (tertiary/aromatic N) is 1. The van der Waals surface area contributed by atoms with E-state index in [2.05, 4.69) is 18.8 Å². The largest absolute Gasteiger partial charge is 0.395 e. The first kappa shape index (κ1) is 15.6. The molecule has 1 aliphatic rings. The molecule has 112 valence electrons. The van der Waals surface area contributed by atoms with Gasteiger partial charge in [0.25, 0.3) is 5.91 Å². The smallest absolute Gasteiger partial charge is 0.255 e. The number of benzene rings is 1. The molecule has 3 heteroatoms. The van der Waals surface area contributed by atoms with Gasteiger partial charge in [-0.3, -0.25) is 4.79 Å². The average molecular weight is 285 g/mol. The van der Waals surface area contributed by atoms with E-state index in [4.69, 9.17) is 5.11 Å². The van der Waals surface area contributed by atoms with Gasteiger partial charge in [0, 0.05) is 24.6 Å². The zero-order valence-corrected chi connectivity index (χ0v) is 12.9. The summed E-state index contributed by atoms with van der Waals surface area (Å²) in [6, 6.07) is 6.08. The summed E-state index contributed by atoms with van der Waals surface area (Å²) in [5.74, 6) is 6.03. The summed E-state index contributed by atoms with van der Waals surface area (Å²) in [5, 5.41) is 8.84. The number of rotatable bonds is 2. The van der Waals surface area contributed by atoms with Crippen LogP contribution in [-0.2, 0) is 0 Å². The molecule has 1 saturated heterocycles. The number of hydrogen-bond acceptors (Lipinski definition) is 2. The summed E-state index contributed by atoms with van der Waals surface area (Å²) in [7, 11) is 0. The Bertz CT molecular complexity index is 568. The van der Waals surface area contributed by atoms with Crippen LogP contribution in [0.2, 0.25) is 0 Å². The van der Waals surface area contributed by atoms with Crippen molar-refractivity contribution >= 4 is 5.91 Å². The van der Waals surface area contributed by atoms with Crippen LogP contribution in [0.25, 0.3) is 0 Å². The second kappa shape index (κ2) is 7.28. The number of carbonyl (C=O) groups excluding carboxylic acids is 1. The van der Waals surface area contributed by atoms with Crippen LogP contribution in [-0.4, -0.2) is 35.1 Å². The van der Waals surface area contributed by atoms with Crippen LogP contribution in [0.5, 0.6) is 0 Å². The Labute approximate surface area is 127 Å². The highest BCUT2D eigenvalue weighted by atomic mass is 16.2. The lowest BCUT2D eigenvalue weighted by Gasteiger charge is -2.33. The quantitative estimate of drug-likeness (QED) is 0.849. The van der Waals surface area contributed by atoms with Gasteiger partial charge in [0.05, 0.1) is 12.2 Å². The fourth-order valence-electron chi connectivity index (χ4n) is 2.72. The van der Waals surface area contributed by atoms with Crippen LogP contribution in [0, 0.1) is 18.8 Å². The van der Waals surface area contributed by atoms with Crippen molar-refractivity contribution in [1.82, 2.24) is 4.90 Å². The van der Waals surface area contributed by atoms with Crippen molar-refractivity contribution in [1.29, 1.82) is 0 Å². The molecule has 0 spiro atoms. The third-order valence-corrected chi connectivity index (χ3v) is 3.93. The fourth-order valence-corrected chi connectivity index (χ4v) is 2.72. The third-order valence-electron chi connectivity index (χ3n) is 3.93. The molecule has 0 bridgehead atoms. The zero-order valence-electron chi connectivity index (χ0n) is 12.9. The Morgan fingerprint density at radius 1 is 1.43 bits per heavy atom. The molecule has 21 heavy (non-hydrogen) atoms. The molecule has 2 rings (SSSR count). The van der Waals surface area contributed by atoms with Gasteiger partial charge in [-0.15, -0.1) is 0 Å². The molecule has 1 amide bonds. The first-order valence-corrected chi connectivity index (χ1v) is 7.65. The number of aliphatic hydroxyl groups is 1. The second-order valence-corrected chi connectivity index (χ2v) is 5.67. The van der Waals surface area contributed by atoms with E-state index in [0.29, 0.717) is 18.0 Å². The predicted octanol–water partition coefficient (Wildman–Crippen LogP) is 2.74. The Morgan fingerprint density at radius 2 is 2.24 bits per heavy atom. The second-order valence-electron chi connectivity index (χ2n) is 5.67. The minimum absolute atomic E-state index is 0.0469. The first-order valence-electron chi connectivity index (χ1n) is 7.65. The van der Waals surface area contributed by atoms with Crippen LogP contribution in [0.3, 0.4) is 0 Å². The summed E-state index contributed by atoms with van der Waals surface area (Å²) in [5.41, 5.74) is 2.54. The number of amides is 1. The lowest BCUT2D eigenvalue weighted by molar-refractivity contribution is 0.0635. The highest BCUT2D eigenvalue weighted by Gasteiger charge is 2.25. The van der Waals surface area contributed by atoms with Gasteiger partial charge in [-0.1, -0.05) is 17.9 Å². The summed E-state index contributed by atoms with van der Waals surface area (Å²) in [4.78, 5) is 14.7. The van der Waals surface area contributed by atoms with Gasteiger partial charge in [0.15, 0.2) is 0 Å². The molecule has 3 nitrogen and oxygen atoms in total. The summed E-state index contributed by atoms with van der Waals surface area (Å²) in [6.45, 7) is 4.99. The number of hydrogen-bond donors (Lipinski definition) is 1. The fraction of sp³-hybridized carbons (Fsp3) is 0.500. The summed E-state index contributed by atoms with van der Waals surface area (Å²) < 4.78 is 0. The number of aryl methyl sites for hydroxylation is 1. The third kappa shape index (κ3) is 3.86. The van der Waals surface area contributed by atoms with Crippen molar-refractivity contribution < 1.29 is 9.90 Å². The molecule has 1 aliphatic heterocycles. The van der Waals surface area contributed by atoms with Crippen molar-refractivity contribution in [2.45, 2.75) is 45.6 Å². The maximum atomic E-state index is 12.8. The van der Waals surface area contributed by atoms with Crippen LogP contribution in [0.15, 0.2) is 18.2 Å². The molecule has 0 aliphatic carbocycles. The van der Waals surface area contributed by atoms with E-state index >= 15 is 0 Å². The van der Waals surface area contributed by atoms with Gasteiger partial charge in [-0.2, -0.15) is 0 Å². The van der Waals surface area contributed by atoms with Gasteiger partial charge in [0.2, 0.25) is 0 Å². The van der Waals surface area contributed by atoms with E-state index < -0.39 is 0 Å². The Hall–Kier alpha value is -1.79. The van der Waals surface area contributed by atoms with E-state index in [1.54, 1.807) is 0 Å². The lowest BCUT2D eigenvalue weighted by Crippen LogP contribution is -2.42. The van der Waals surface area contributed by atoms with E-state index in [9.17, 15) is 4.79 Å². The number of likely N-dealkylation sites (tertiary alicyclic amines) is 1. The van der Waals surface area contributed by atoms with E-state index in [1.807, 2.05) is 30.0 Å². The molecule has 1 aromatic carbocycles. The molecule has 0 saturated carbocycles. The van der Waals surface area contributed by atoms with Gasteiger partial charge in [-0.25, -0.2) is 0 Å². The van der Waals surface area contributed by atoms with Gasteiger partial charge in [-0.05, 0) is 50.8 Å². The highest BCUT2D eigenvalue weighted by Crippen LogP contribution is 2.21. The highest BCUT2D eigenvalue weighted by molar-refractivity contribution is 5.97. The molecule has 1 unspecified atom stereocenters. The maximum absolute atomic E-state index is 12.8. The maximum Gasteiger partial charge on any atom is 0.255 e. The molecule has 1 aromatic rings. The standard InChI is InChI=1S/C18H23NO2/c1-14-9-10-17(16(13-14)8-4-6-12-20)18(21)19-11-5-3-7-15(19)2/h9-10,13,15,20H,3,5-7,11-12H2,1-2H3. The Morgan fingerprint density at radius 3 is 2.95 bits per heavy atom. The summed E-state index contributed by atoms with van der Waals surface area (Å²) in [6.07, 6.45) is 3.78. The minimum atomic E-state index is 0.0469. The SMILES string of the molecule is Cc1ccc(C(=O)N2CCCCC2C)c(C#CCCO)c1. The van der Waals surface area contributed by atoms with Gasteiger partial charge < -0.3 is 10.0 Å². The van der Waals surface area contributed by atoms with E-state index in [-0.39, 0.29) is 12.5 Å². The molecular formula is C18H23NO2. The molecule has 1 fully saturated rings. The van der Waals surface area contributed by atoms with Crippen LogP contribution in [0.1, 0.15) is 54.1 Å². The topological polar surface area (TPSA) is 40.5 Å². The predicted molar refractivity (Wildman–Crippen MR) is 84.1 cm³/mol. The molecular weight excluding hydrogens is 262 g/mol. The Kier molecular flexibility index (Phi) is 5.41. The van der Waals surface area contributed by atoms with E-state index in [1.165, 1.54) is 6.42 Å². The lowest BCUT2D eigenvalue weighted by atomic mass is 9.99. The van der Waals surface area contributed by atoms with E-state index in [0.717, 1.165) is 30.5 Å². The Balaban J connectivity index is 2.30. The molecule has 1 N–H and O–H groups in total. The van der Waals surface area contributed by atoms with Crippen molar-refractivity contribution in [3.63, 3.8) is 0 Å². The van der Waals surface area contributed by atoms with Gasteiger partial charge in [0.1, 0.15) is 0 Å². The zero-order chi connectivity index (χ0) is 15.2. The minimum Gasteiger partial charge on any atom is -0.395 e. The molecule has 0 aromatic heterocycles. The van der Waals surface area contributed by atoms with Crippen molar-refractivity contribution in [2.24, 2.45) is 0 Å². The number of aliphatic hydroxyl groups excluding tert-OH is 1. The number of piperidine rings is 1. The van der Waals surface area contributed by atoms with Crippen molar-refractivity contribution in [3.8, 4) is 11.8 Å².